The molecule has 0 fully saturated rings. The quantitative estimate of drug-likeness (QED) is 0.796. The third-order valence-electron chi connectivity index (χ3n) is 3.40. The van der Waals surface area contributed by atoms with E-state index >= 15 is 0 Å². The van der Waals surface area contributed by atoms with Crippen LogP contribution in [0.25, 0.3) is 0 Å². The standard InChI is InChI=1S/C19H19N3O4/c1-3-21-19(24)14-5-4-6-15(10-14)22-18(23)12-26-16-8-7-13(11-20)9-17(16)25-2/h4-10H,3,12H2,1-2H3,(H,21,24)(H,22,23). The van der Waals surface area contributed by atoms with Crippen molar-refractivity contribution in [2.75, 3.05) is 25.6 Å². The number of rotatable bonds is 7. The second-order valence-corrected chi connectivity index (χ2v) is 5.25. The molecular weight excluding hydrogens is 334 g/mol. The van der Waals surface area contributed by atoms with Crippen LogP contribution in [0, 0.1) is 11.3 Å². The summed E-state index contributed by atoms with van der Waals surface area (Å²) in [6.45, 7) is 2.11. The fourth-order valence-corrected chi connectivity index (χ4v) is 2.20. The summed E-state index contributed by atoms with van der Waals surface area (Å²) in [6.07, 6.45) is 0. The van der Waals surface area contributed by atoms with Crippen molar-refractivity contribution >= 4 is 17.5 Å². The zero-order valence-electron chi connectivity index (χ0n) is 14.5. The molecule has 0 aliphatic carbocycles. The lowest BCUT2D eigenvalue weighted by Gasteiger charge is -2.11. The van der Waals surface area contributed by atoms with Crippen molar-refractivity contribution in [1.29, 1.82) is 5.26 Å². The number of benzene rings is 2. The van der Waals surface area contributed by atoms with Crippen LogP contribution in [0.3, 0.4) is 0 Å². The molecule has 134 valence electrons. The lowest BCUT2D eigenvalue weighted by Crippen LogP contribution is -2.23. The number of methoxy groups -OCH3 is 1. The van der Waals surface area contributed by atoms with Gasteiger partial charge >= 0.3 is 0 Å². The van der Waals surface area contributed by atoms with E-state index in [-0.39, 0.29) is 18.4 Å². The van der Waals surface area contributed by atoms with Gasteiger partial charge in [0, 0.05) is 23.9 Å². The Kier molecular flexibility index (Phi) is 6.57. The summed E-state index contributed by atoms with van der Waals surface area (Å²) in [6, 6.07) is 13.3. The Morgan fingerprint density at radius 2 is 1.96 bits per heavy atom. The van der Waals surface area contributed by atoms with Gasteiger partial charge in [0.25, 0.3) is 11.8 Å². The van der Waals surface area contributed by atoms with Gasteiger partial charge in [-0.3, -0.25) is 9.59 Å². The fraction of sp³-hybridized carbons (Fsp3) is 0.211. The number of anilines is 1. The van der Waals surface area contributed by atoms with E-state index in [4.69, 9.17) is 14.7 Å². The van der Waals surface area contributed by atoms with Crippen LogP contribution in [-0.4, -0.2) is 32.1 Å². The van der Waals surface area contributed by atoms with E-state index in [1.165, 1.54) is 13.2 Å². The average molecular weight is 353 g/mol. The van der Waals surface area contributed by atoms with Crippen LogP contribution >= 0.6 is 0 Å². The van der Waals surface area contributed by atoms with Gasteiger partial charge in [-0.25, -0.2) is 0 Å². The Bertz CT molecular complexity index is 843. The van der Waals surface area contributed by atoms with E-state index in [1.54, 1.807) is 36.4 Å². The van der Waals surface area contributed by atoms with Crippen LogP contribution in [0.5, 0.6) is 11.5 Å². The van der Waals surface area contributed by atoms with Crippen molar-refractivity contribution in [3.8, 4) is 17.6 Å². The molecule has 0 saturated heterocycles. The summed E-state index contributed by atoms with van der Waals surface area (Å²) < 4.78 is 10.6. The topological polar surface area (TPSA) is 100 Å². The van der Waals surface area contributed by atoms with Crippen molar-refractivity contribution in [2.45, 2.75) is 6.92 Å². The Labute approximate surface area is 151 Å². The maximum absolute atomic E-state index is 12.1. The number of nitrogens with zero attached hydrogens (tertiary/aromatic N) is 1. The molecule has 7 heteroatoms. The molecule has 0 unspecified atom stereocenters. The monoisotopic (exact) mass is 353 g/mol. The molecule has 0 aliphatic heterocycles. The summed E-state index contributed by atoms with van der Waals surface area (Å²) in [7, 11) is 1.45. The van der Waals surface area contributed by atoms with Crippen molar-refractivity contribution < 1.29 is 19.1 Å². The molecule has 0 saturated carbocycles. The molecule has 2 aromatic rings. The molecule has 26 heavy (non-hydrogen) atoms. The Morgan fingerprint density at radius 1 is 1.15 bits per heavy atom. The van der Waals surface area contributed by atoms with Gasteiger partial charge in [-0.2, -0.15) is 5.26 Å². The number of carbonyl (C=O) groups is 2. The van der Waals surface area contributed by atoms with Crippen molar-refractivity contribution in [3.63, 3.8) is 0 Å². The van der Waals surface area contributed by atoms with E-state index in [0.29, 0.717) is 34.9 Å². The Hall–Kier alpha value is -3.53. The summed E-state index contributed by atoms with van der Waals surface area (Å²) >= 11 is 0. The van der Waals surface area contributed by atoms with Crippen molar-refractivity contribution in [2.24, 2.45) is 0 Å². The Morgan fingerprint density at radius 3 is 2.65 bits per heavy atom. The van der Waals surface area contributed by atoms with Gasteiger partial charge in [0.2, 0.25) is 0 Å². The van der Waals surface area contributed by atoms with Gasteiger partial charge < -0.3 is 20.1 Å². The molecule has 7 nitrogen and oxygen atoms in total. The lowest BCUT2D eigenvalue weighted by atomic mass is 10.2. The number of amides is 2. The minimum Gasteiger partial charge on any atom is -0.493 e. The largest absolute Gasteiger partial charge is 0.493 e. The number of carbonyl (C=O) groups excluding carboxylic acids is 2. The molecule has 0 bridgehead atoms. The number of nitriles is 1. The minimum atomic E-state index is -0.385. The normalized spacial score (nSPS) is 9.73. The number of hydrogen-bond donors (Lipinski definition) is 2. The first-order valence-corrected chi connectivity index (χ1v) is 7.96. The molecule has 0 heterocycles. The van der Waals surface area contributed by atoms with Gasteiger partial charge in [0.05, 0.1) is 18.7 Å². The highest BCUT2D eigenvalue weighted by atomic mass is 16.5. The number of nitrogens with one attached hydrogen (secondary N) is 2. The summed E-state index contributed by atoms with van der Waals surface area (Å²) in [5.41, 5.74) is 1.38. The molecule has 2 N–H and O–H groups in total. The second kappa shape index (κ2) is 9.08. The first kappa shape index (κ1) is 18.8. The maximum Gasteiger partial charge on any atom is 0.262 e. The summed E-state index contributed by atoms with van der Waals surface area (Å²) in [5, 5.41) is 14.3. The van der Waals surface area contributed by atoms with E-state index < -0.39 is 0 Å². The molecular formula is C19H19N3O4. The van der Waals surface area contributed by atoms with Gasteiger partial charge in [0.1, 0.15) is 0 Å². The lowest BCUT2D eigenvalue weighted by molar-refractivity contribution is -0.118. The molecule has 0 aromatic heterocycles. The SMILES string of the molecule is CCNC(=O)c1cccc(NC(=O)COc2ccc(C#N)cc2OC)c1. The summed E-state index contributed by atoms with van der Waals surface area (Å²) in [4.78, 5) is 23.9. The second-order valence-electron chi connectivity index (χ2n) is 5.25. The average Bonchev–Trinajstić information content (AvgIpc) is 2.66. The van der Waals surface area contributed by atoms with Crippen molar-refractivity contribution in [3.05, 3.63) is 53.6 Å². The van der Waals surface area contributed by atoms with E-state index in [9.17, 15) is 9.59 Å². The van der Waals surface area contributed by atoms with Gasteiger partial charge in [0.15, 0.2) is 18.1 Å². The molecule has 0 atom stereocenters. The van der Waals surface area contributed by atoms with Gasteiger partial charge in [-0.05, 0) is 37.3 Å². The predicted octanol–water partition coefficient (Wildman–Crippen LogP) is 2.33. The van der Waals surface area contributed by atoms with Crippen LogP contribution in [0.15, 0.2) is 42.5 Å². The smallest absolute Gasteiger partial charge is 0.262 e. The van der Waals surface area contributed by atoms with E-state index in [1.807, 2.05) is 13.0 Å². The third kappa shape index (κ3) is 4.98. The van der Waals surface area contributed by atoms with Gasteiger partial charge in [-0.1, -0.05) is 6.07 Å². The highest BCUT2D eigenvalue weighted by Gasteiger charge is 2.10. The van der Waals surface area contributed by atoms with Crippen molar-refractivity contribution in [1.82, 2.24) is 5.32 Å². The van der Waals surface area contributed by atoms with E-state index in [2.05, 4.69) is 10.6 Å². The van der Waals surface area contributed by atoms with Crippen LogP contribution in [0.4, 0.5) is 5.69 Å². The zero-order chi connectivity index (χ0) is 18.9. The van der Waals surface area contributed by atoms with E-state index in [0.717, 1.165) is 0 Å². The summed E-state index contributed by atoms with van der Waals surface area (Å²) in [5.74, 6) is 0.138. The van der Waals surface area contributed by atoms with Crippen LogP contribution in [0.2, 0.25) is 0 Å². The molecule has 0 aliphatic rings. The van der Waals surface area contributed by atoms with Crippen LogP contribution < -0.4 is 20.1 Å². The maximum atomic E-state index is 12.1. The first-order valence-electron chi connectivity index (χ1n) is 7.96. The molecule has 0 radical (unpaired) electrons. The molecule has 2 amide bonds. The zero-order valence-corrected chi connectivity index (χ0v) is 14.5. The fourth-order valence-electron chi connectivity index (χ4n) is 2.20. The van der Waals surface area contributed by atoms with Crippen LogP contribution in [0.1, 0.15) is 22.8 Å². The molecule has 2 rings (SSSR count). The predicted molar refractivity (Wildman–Crippen MR) is 96.3 cm³/mol. The third-order valence-corrected chi connectivity index (χ3v) is 3.40. The molecule has 0 spiro atoms. The van der Waals surface area contributed by atoms with Gasteiger partial charge in [-0.15, -0.1) is 0 Å². The first-order chi connectivity index (χ1) is 12.6. The highest BCUT2D eigenvalue weighted by Crippen LogP contribution is 2.27. The number of hydrogen-bond acceptors (Lipinski definition) is 5. The number of ether oxygens (including phenoxy) is 2. The highest BCUT2D eigenvalue weighted by molar-refractivity contribution is 5.97. The Balaban J connectivity index is 1.98. The van der Waals surface area contributed by atoms with Crippen LogP contribution in [-0.2, 0) is 4.79 Å². The molecule has 2 aromatic carbocycles. The minimum absolute atomic E-state index is 0.206.